The van der Waals surface area contributed by atoms with Crippen molar-refractivity contribution in [2.24, 2.45) is 0 Å². The number of carbonyl (C=O) groups is 2. The van der Waals surface area contributed by atoms with Crippen LogP contribution >= 0.6 is 0 Å². The first kappa shape index (κ1) is 21.1. The van der Waals surface area contributed by atoms with Gasteiger partial charge in [0, 0.05) is 40.2 Å². The average molecular weight is 450 g/mol. The van der Waals surface area contributed by atoms with Crippen LogP contribution in [0.4, 0.5) is 33.2 Å². The zero-order chi connectivity index (χ0) is 23.5. The summed E-state index contributed by atoms with van der Waals surface area (Å²) in [6.45, 7) is 2.00. The fraction of sp³-hybridized carbons (Fsp3) is 0.0370. The number of hydrogen-bond acceptors (Lipinski definition) is 3. The second kappa shape index (κ2) is 8.99. The first-order chi connectivity index (χ1) is 16.5. The van der Waals surface area contributed by atoms with Gasteiger partial charge < -0.3 is 26.3 Å². The number of urea groups is 1. The van der Waals surface area contributed by atoms with E-state index in [2.05, 4.69) is 26.3 Å². The molecule has 0 saturated heterocycles. The predicted octanol–water partition coefficient (Wildman–Crippen LogP) is 6.20. The molecule has 0 aliphatic carbocycles. The van der Waals surface area contributed by atoms with Crippen molar-refractivity contribution in [3.8, 4) is 0 Å². The number of H-pyrrole nitrogens is 1. The van der Waals surface area contributed by atoms with E-state index in [-0.39, 0.29) is 11.9 Å². The molecule has 7 nitrogen and oxygen atoms in total. The topological polar surface area (TPSA) is 98.1 Å². The molecule has 1 aliphatic rings. The summed E-state index contributed by atoms with van der Waals surface area (Å²) >= 11 is 0. The zero-order valence-corrected chi connectivity index (χ0v) is 18.5. The monoisotopic (exact) mass is 449 g/mol. The summed E-state index contributed by atoms with van der Waals surface area (Å²) < 4.78 is 0. The fourth-order valence-electron chi connectivity index (χ4n) is 3.84. The Kier molecular flexibility index (Phi) is 5.58. The number of para-hydroxylation sites is 1. The smallest absolute Gasteiger partial charge is 0.323 e. The Balaban J connectivity index is 1.29. The van der Waals surface area contributed by atoms with Crippen LogP contribution in [0.25, 0.3) is 11.6 Å². The third-order valence-electron chi connectivity index (χ3n) is 5.39. The normalized spacial score (nSPS) is 13.3. The fourth-order valence-corrected chi connectivity index (χ4v) is 3.84. The number of carbonyl (C=O) groups excluding carboxylic acids is 2. The number of anilines is 5. The molecule has 0 radical (unpaired) electrons. The van der Waals surface area contributed by atoms with Gasteiger partial charge in [0.2, 0.25) is 0 Å². The van der Waals surface area contributed by atoms with Gasteiger partial charge in [-0.1, -0.05) is 30.3 Å². The lowest BCUT2D eigenvalue weighted by Gasteiger charge is -2.11. The molecule has 34 heavy (non-hydrogen) atoms. The molecule has 5 N–H and O–H groups in total. The molecule has 0 saturated carbocycles. The Morgan fingerprint density at radius 2 is 1.56 bits per heavy atom. The number of benzene rings is 3. The molecule has 168 valence electrons. The number of hydrogen-bond donors (Lipinski definition) is 5. The number of nitrogens with one attached hydrogen (secondary N) is 5. The van der Waals surface area contributed by atoms with Crippen molar-refractivity contribution in [3.63, 3.8) is 0 Å². The quantitative estimate of drug-likeness (QED) is 0.235. The first-order valence-electron chi connectivity index (χ1n) is 10.9. The molecule has 5 rings (SSSR count). The van der Waals surface area contributed by atoms with Crippen LogP contribution in [-0.4, -0.2) is 16.9 Å². The first-order valence-corrected chi connectivity index (χ1v) is 10.9. The Morgan fingerprint density at radius 1 is 0.824 bits per heavy atom. The number of amides is 3. The molecule has 0 fully saturated rings. The molecule has 1 aliphatic heterocycles. The minimum Gasteiger partial charge on any atom is -0.361 e. The second-order valence-corrected chi connectivity index (χ2v) is 8.06. The third kappa shape index (κ3) is 4.68. The van der Waals surface area contributed by atoms with E-state index in [1.807, 2.05) is 98.1 Å². The average Bonchev–Trinajstić information content (AvgIpc) is 3.36. The van der Waals surface area contributed by atoms with Gasteiger partial charge in [0.1, 0.15) is 0 Å². The molecule has 1 aromatic heterocycles. The van der Waals surface area contributed by atoms with Gasteiger partial charge in [-0.2, -0.15) is 0 Å². The molecule has 4 aromatic rings. The van der Waals surface area contributed by atoms with Crippen molar-refractivity contribution in [3.05, 3.63) is 102 Å². The van der Waals surface area contributed by atoms with Gasteiger partial charge in [-0.25, -0.2) is 4.79 Å². The summed E-state index contributed by atoms with van der Waals surface area (Å²) in [7, 11) is 0. The lowest BCUT2D eigenvalue weighted by atomic mass is 10.1. The lowest BCUT2D eigenvalue weighted by Crippen LogP contribution is -2.19. The second-order valence-electron chi connectivity index (χ2n) is 8.06. The molecule has 3 amide bonds. The highest BCUT2D eigenvalue weighted by molar-refractivity contribution is 6.35. The van der Waals surface area contributed by atoms with Crippen LogP contribution in [-0.2, 0) is 4.79 Å². The van der Waals surface area contributed by atoms with E-state index in [9.17, 15) is 9.59 Å². The van der Waals surface area contributed by atoms with Gasteiger partial charge in [0.25, 0.3) is 5.91 Å². The summed E-state index contributed by atoms with van der Waals surface area (Å²) in [5.74, 6) is -0.130. The molecule has 0 atom stereocenters. The van der Waals surface area contributed by atoms with Gasteiger partial charge in [0.05, 0.1) is 11.3 Å². The van der Waals surface area contributed by atoms with Crippen molar-refractivity contribution in [1.82, 2.24) is 4.98 Å². The maximum atomic E-state index is 12.5. The van der Waals surface area contributed by atoms with Gasteiger partial charge >= 0.3 is 6.03 Å². The van der Waals surface area contributed by atoms with Crippen molar-refractivity contribution < 1.29 is 9.59 Å². The highest BCUT2D eigenvalue weighted by Gasteiger charge is 2.24. The van der Waals surface area contributed by atoms with E-state index in [4.69, 9.17) is 0 Å². The van der Waals surface area contributed by atoms with E-state index in [1.165, 1.54) is 0 Å². The Hall–Kier alpha value is -4.78. The summed E-state index contributed by atoms with van der Waals surface area (Å²) in [6, 6.07) is 24.1. The number of aromatic nitrogens is 1. The SMILES string of the molecule is Cc1c[nH]c(/C=C2\C(=O)Nc3cc(Nc4cccc(NC(=O)Nc5ccccc5)c4)ccc32)c1. The standard InChI is InChI=1S/C27H23N5O2/c1-17-12-22(28-16-17)14-24-23-11-10-21(15-25(23)32-26(24)33)29-19-8-5-9-20(13-19)31-27(34)30-18-6-3-2-4-7-18/h2-16,28-29H,1H3,(H,32,33)(H2,30,31,34)/b24-14-. The Labute approximate surface area is 196 Å². The number of aryl methyl sites for hydroxylation is 1. The molecule has 2 heterocycles. The predicted molar refractivity (Wildman–Crippen MR) is 137 cm³/mol. The van der Waals surface area contributed by atoms with Crippen LogP contribution in [0.5, 0.6) is 0 Å². The van der Waals surface area contributed by atoms with Gasteiger partial charge in [-0.15, -0.1) is 0 Å². The molecule has 0 spiro atoms. The van der Waals surface area contributed by atoms with Crippen LogP contribution < -0.4 is 21.3 Å². The third-order valence-corrected chi connectivity index (χ3v) is 5.39. The Morgan fingerprint density at radius 3 is 2.35 bits per heavy atom. The zero-order valence-electron chi connectivity index (χ0n) is 18.5. The summed E-state index contributed by atoms with van der Waals surface area (Å²) in [5, 5.41) is 11.9. The molecular weight excluding hydrogens is 426 g/mol. The minimum absolute atomic E-state index is 0.130. The highest BCUT2D eigenvalue weighted by atomic mass is 16.2. The number of rotatable bonds is 5. The summed E-state index contributed by atoms with van der Waals surface area (Å²) in [4.78, 5) is 28.0. The maximum absolute atomic E-state index is 12.5. The van der Waals surface area contributed by atoms with Crippen LogP contribution in [0.2, 0.25) is 0 Å². The summed E-state index contributed by atoms with van der Waals surface area (Å²) in [5.41, 5.74) is 7.23. The summed E-state index contributed by atoms with van der Waals surface area (Å²) in [6.07, 6.45) is 3.76. The molecular formula is C27H23N5O2. The van der Waals surface area contributed by atoms with Crippen LogP contribution in [0.15, 0.2) is 85.1 Å². The van der Waals surface area contributed by atoms with Crippen LogP contribution in [0, 0.1) is 6.92 Å². The van der Waals surface area contributed by atoms with Gasteiger partial charge in [-0.3, -0.25) is 4.79 Å². The molecule has 7 heteroatoms. The van der Waals surface area contributed by atoms with E-state index in [0.717, 1.165) is 33.9 Å². The van der Waals surface area contributed by atoms with Crippen LogP contribution in [0.3, 0.4) is 0 Å². The van der Waals surface area contributed by atoms with Crippen LogP contribution in [0.1, 0.15) is 16.8 Å². The lowest BCUT2D eigenvalue weighted by molar-refractivity contribution is -0.110. The van der Waals surface area contributed by atoms with E-state index >= 15 is 0 Å². The van der Waals surface area contributed by atoms with E-state index < -0.39 is 0 Å². The van der Waals surface area contributed by atoms with Crippen molar-refractivity contribution in [1.29, 1.82) is 0 Å². The largest absolute Gasteiger partial charge is 0.361 e. The number of aromatic amines is 1. The van der Waals surface area contributed by atoms with Crippen molar-refractivity contribution in [2.75, 3.05) is 21.3 Å². The Bertz CT molecular complexity index is 1410. The molecule has 0 unspecified atom stereocenters. The molecule has 0 bridgehead atoms. The van der Waals surface area contributed by atoms with E-state index in [0.29, 0.717) is 16.9 Å². The van der Waals surface area contributed by atoms with Gasteiger partial charge in [-0.05, 0) is 67.1 Å². The molecule has 3 aromatic carbocycles. The van der Waals surface area contributed by atoms with E-state index in [1.54, 1.807) is 0 Å². The maximum Gasteiger partial charge on any atom is 0.323 e. The highest BCUT2D eigenvalue weighted by Crippen LogP contribution is 2.35. The van der Waals surface area contributed by atoms with Crippen molar-refractivity contribution >= 4 is 52.0 Å². The van der Waals surface area contributed by atoms with Gasteiger partial charge in [0.15, 0.2) is 0 Å². The van der Waals surface area contributed by atoms with Crippen molar-refractivity contribution in [2.45, 2.75) is 6.92 Å². The number of fused-ring (bicyclic) bond motifs is 1. The minimum atomic E-state index is -0.319.